The number of hydrogen-bond acceptors (Lipinski definition) is 0. The molecule has 2 heteroatoms. The lowest BCUT2D eigenvalue weighted by Gasteiger charge is -2.07. The molecular formula is C35H61N2+. The van der Waals surface area contributed by atoms with Gasteiger partial charge in [-0.25, -0.2) is 9.13 Å². The fourth-order valence-electron chi connectivity index (χ4n) is 5.63. The lowest BCUT2D eigenvalue weighted by molar-refractivity contribution is -0.695. The van der Waals surface area contributed by atoms with E-state index in [1.54, 1.807) is 0 Å². The fourth-order valence-corrected chi connectivity index (χ4v) is 5.63. The van der Waals surface area contributed by atoms with Crippen molar-refractivity contribution in [2.45, 2.75) is 168 Å². The zero-order chi connectivity index (χ0) is 26.2. The van der Waals surface area contributed by atoms with Crippen LogP contribution in [0.5, 0.6) is 0 Å². The molecule has 0 amide bonds. The first-order valence-electron chi connectivity index (χ1n) is 16.5. The summed E-state index contributed by atoms with van der Waals surface area (Å²) in [5, 5.41) is 0. The smallest absolute Gasteiger partial charge is 0.234 e. The van der Waals surface area contributed by atoms with E-state index in [9.17, 15) is 0 Å². The largest absolute Gasteiger partial charge is 0.256 e. The highest BCUT2D eigenvalue weighted by Gasteiger charge is 2.17. The Morgan fingerprint density at radius 1 is 0.541 bits per heavy atom. The summed E-state index contributed by atoms with van der Waals surface area (Å²) in [5.41, 5.74) is 1.41. The number of rotatable bonds is 25. The number of aryl methyl sites for hydroxylation is 1. The number of hydrogen-bond donors (Lipinski definition) is 0. The minimum Gasteiger partial charge on any atom is -0.234 e. The van der Waals surface area contributed by atoms with Crippen LogP contribution in [0.3, 0.4) is 0 Å². The minimum atomic E-state index is 0.999. The Kier molecular flexibility index (Phi) is 19.2. The highest BCUT2D eigenvalue weighted by atomic mass is 15.1. The van der Waals surface area contributed by atoms with Crippen molar-refractivity contribution in [1.29, 1.82) is 0 Å². The summed E-state index contributed by atoms with van der Waals surface area (Å²) in [4.78, 5) is 0. The van der Waals surface area contributed by atoms with Crippen molar-refractivity contribution in [3.63, 3.8) is 0 Å². The molecule has 1 aromatic heterocycles. The average molecular weight is 510 g/mol. The molecule has 37 heavy (non-hydrogen) atoms. The van der Waals surface area contributed by atoms with Crippen LogP contribution in [0.25, 0.3) is 0 Å². The average Bonchev–Trinajstić information content (AvgIpc) is 3.29. The van der Waals surface area contributed by atoms with Crippen LogP contribution in [0.15, 0.2) is 42.7 Å². The maximum Gasteiger partial charge on any atom is 0.256 e. The lowest BCUT2D eigenvalue weighted by atomic mass is 10.0. The summed E-state index contributed by atoms with van der Waals surface area (Å²) in [6.07, 6.45) is 35.5. The van der Waals surface area contributed by atoms with Crippen LogP contribution in [-0.4, -0.2) is 4.57 Å². The molecule has 0 radical (unpaired) electrons. The second-order valence-corrected chi connectivity index (χ2v) is 11.5. The van der Waals surface area contributed by atoms with Gasteiger partial charge in [-0.2, -0.15) is 0 Å². The van der Waals surface area contributed by atoms with Crippen molar-refractivity contribution in [1.82, 2.24) is 4.57 Å². The molecule has 0 bridgehead atoms. The molecule has 0 spiro atoms. The summed E-state index contributed by atoms with van der Waals surface area (Å²) in [7, 11) is 0. The van der Waals surface area contributed by atoms with E-state index >= 15 is 0 Å². The second-order valence-electron chi connectivity index (χ2n) is 11.5. The zero-order valence-corrected chi connectivity index (χ0v) is 24.9. The molecule has 1 aromatic carbocycles. The lowest BCUT2D eigenvalue weighted by Crippen LogP contribution is -2.37. The van der Waals surface area contributed by atoms with Crippen molar-refractivity contribution in [3.05, 3.63) is 54.1 Å². The quantitative estimate of drug-likeness (QED) is 0.0929. The Hall–Kier alpha value is -1.57. The van der Waals surface area contributed by atoms with Gasteiger partial charge < -0.3 is 0 Å². The third-order valence-corrected chi connectivity index (χ3v) is 8.04. The molecule has 0 saturated heterocycles. The number of nitrogens with zero attached hydrogens (tertiary/aromatic N) is 2. The monoisotopic (exact) mass is 509 g/mol. The Bertz CT molecular complexity index is 748. The van der Waals surface area contributed by atoms with Gasteiger partial charge in [0.15, 0.2) is 0 Å². The van der Waals surface area contributed by atoms with Crippen LogP contribution in [0.1, 0.15) is 160 Å². The summed E-state index contributed by atoms with van der Waals surface area (Å²) >= 11 is 0. The van der Waals surface area contributed by atoms with E-state index in [1.165, 1.54) is 159 Å². The molecule has 0 unspecified atom stereocenters. The van der Waals surface area contributed by atoms with Gasteiger partial charge in [0.05, 0.1) is 6.54 Å². The molecule has 2 aromatic rings. The first kappa shape index (κ1) is 31.6. The Morgan fingerprint density at radius 2 is 1.00 bits per heavy atom. The SMILES string of the molecule is CCCCCCCCCCCCCCc1n(CCCCCCCCCCC)cc[n+]1Cc1ccccc1. The maximum atomic E-state index is 2.57. The highest BCUT2D eigenvalue weighted by Crippen LogP contribution is 2.14. The minimum absolute atomic E-state index is 0.999. The van der Waals surface area contributed by atoms with Gasteiger partial charge in [-0.05, 0) is 24.8 Å². The highest BCUT2D eigenvalue weighted by molar-refractivity contribution is 5.13. The molecule has 1 heterocycles. The van der Waals surface area contributed by atoms with E-state index in [1.807, 2.05) is 0 Å². The molecule has 210 valence electrons. The predicted octanol–water partition coefficient (Wildman–Crippen LogP) is 10.6. The van der Waals surface area contributed by atoms with E-state index in [0.717, 1.165) is 6.54 Å². The first-order valence-corrected chi connectivity index (χ1v) is 16.5. The van der Waals surface area contributed by atoms with E-state index in [-0.39, 0.29) is 0 Å². The van der Waals surface area contributed by atoms with E-state index in [2.05, 4.69) is 65.7 Å². The van der Waals surface area contributed by atoms with Gasteiger partial charge >= 0.3 is 0 Å². The third kappa shape index (κ3) is 15.4. The molecular weight excluding hydrogens is 448 g/mol. The molecule has 0 atom stereocenters. The zero-order valence-electron chi connectivity index (χ0n) is 24.9. The van der Waals surface area contributed by atoms with Crippen molar-refractivity contribution in [2.24, 2.45) is 0 Å². The fraction of sp³-hybridized carbons (Fsp3) is 0.743. The Balaban J connectivity index is 1.68. The summed E-state index contributed by atoms with van der Waals surface area (Å²) in [6.45, 7) is 6.79. The molecule has 0 aliphatic heterocycles. The van der Waals surface area contributed by atoms with Crippen LogP contribution in [0.2, 0.25) is 0 Å². The van der Waals surface area contributed by atoms with Crippen LogP contribution in [0, 0.1) is 0 Å². The maximum absolute atomic E-state index is 2.57. The summed E-state index contributed by atoms with van der Waals surface area (Å²) in [6, 6.07) is 11.0. The number of unbranched alkanes of at least 4 members (excludes halogenated alkanes) is 19. The normalized spacial score (nSPS) is 11.4. The van der Waals surface area contributed by atoms with E-state index in [4.69, 9.17) is 0 Å². The standard InChI is InChI=1S/C35H61N2/c1-3-5-7-9-11-13-14-15-16-18-20-25-29-35-36(30-26-21-19-17-12-10-8-6-4-2)31-32-37(35)33-34-27-23-22-24-28-34/h22-24,27-28,31-32H,3-21,25-26,29-30,33H2,1-2H3/q+1. The van der Waals surface area contributed by atoms with Crippen LogP contribution < -0.4 is 4.57 Å². The van der Waals surface area contributed by atoms with Crippen LogP contribution >= 0.6 is 0 Å². The Labute approximate surface area is 231 Å². The second kappa shape index (κ2) is 22.4. The van der Waals surface area contributed by atoms with Crippen LogP contribution in [-0.2, 0) is 19.5 Å². The van der Waals surface area contributed by atoms with Crippen molar-refractivity contribution in [3.8, 4) is 0 Å². The number of benzene rings is 1. The van der Waals surface area contributed by atoms with Gasteiger partial charge in [-0.1, -0.05) is 160 Å². The first-order chi connectivity index (χ1) is 18.3. The van der Waals surface area contributed by atoms with E-state index in [0.29, 0.717) is 0 Å². The van der Waals surface area contributed by atoms with E-state index < -0.39 is 0 Å². The molecule has 0 N–H and O–H groups in total. The van der Waals surface area contributed by atoms with Gasteiger partial charge in [0, 0.05) is 6.42 Å². The summed E-state index contributed by atoms with van der Waals surface area (Å²) in [5.74, 6) is 1.54. The molecule has 2 nitrogen and oxygen atoms in total. The van der Waals surface area contributed by atoms with Crippen molar-refractivity contribution < 1.29 is 4.57 Å². The molecule has 0 saturated carbocycles. The molecule has 2 rings (SSSR count). The molecule has 0 aliphatic rings. The molecule has 0 fully saturated rings. The molecule has 0 aliphatic carbocycles. The number of imidazole rings is 1. The Morgan fingerprint density at radius 3 is 1.51 bits per heavy atom. The summed E-state index contributed by atoms with van der Waals surface area (Å²) < 4.78 is 5.09. The van der Waals surface area contributed by atoms with Gasteiger partial charge in [0.25, 0.3) is 5.82 Å². The predicted molar refractivity (Wildman–Crippen MR) is 162 cm³/mol. The van der Waals surface area contributed by atoms with Crippen LogP contribution in [0.4, 0.5) is 0 Å². The van der Waals surface area contributed by atoms with Gasteiger partial charge in [0.2, 0.25) is 0 Å². The van der Waals surface area contributed by atoms with Crippen molar-refractivity contribution in [2.75, 3.05) is 0 Å². The number of aromatic nitrogens is 2. The third-order valence-electron chi connectivity index (χ3n) is 8.04. The van der Waals surface area contributed by atoms with Crippen molar-refractivity contribution >= 4 is 0 Å². The van der Waals surface area contributed by atoms with Gasteiger partial charge in [-0.15, -0.1) is 0 Å². The van der Waals surface area contributed by atoms with Gasteiger partial charge in [-0.3, -0.25) is 0 Å². The topological polar surface area (TPSA) is 8.81 Å². The van der Waals surface area contributed by atoms with Gasteiger partial charge in [0.1, 0.15) is 18.9 Å².